The van der Waals surface area contributed by atoms with Gasteiger partial charge in [0.2, 0.25) is 5.91 Å². The summed E-state index contributed by atoms with van der Waals surface area (Å²) in [6.45, 7) is 2.82. The minimum absolute atomic E-state index is 0.0962. The first-order chi connectivity index (χ1) is 17.0. The Kier molecular flexibility index (Phi) is 6.36. The van der Waals surface area contributed by atoms with Gasteiger partial charge >= 0.3 is 5.97 Å². The number of rotatable bonds is 9. The molecule has 1 aromatic heterocycles. The van der Waals surface area contributed by atoms with Gasteiger partial charge in [-0.2, -0.15) is 0 Å². The Hall–Kier alpha value is -3.93. The van der Waals surface area contributed by atoms with E-state index in [2.05, 4.69) is 16.8 Å². The van der Waals surface area contributed by atoms with Gasteiger partial charge in [-0.15, -0.1) is 0 Å². The van der Waals surface area contributed by atoms with Crippen LogP contribution in [0.15, 0.2) is 66.7 Å². The van der Waals surface area contributed by atoms with Crippen molar-refractivity contribution >= 4 is 28.6 Å². The quantitative estimate of drug-likeness (QED) is 0.310. The molecule has 2 N–H and O–H groups in total. The summed E-state index contributed by atoms with van der Waals surface area (Å²) in [6.07, 6.45) is 4.97. The number of aryl methyl sites for hydroxylation is 1. The molecule has 5 rings (SSSR count). The molecule has 0 radical (unpaired) electrons. The molecule has 6 nitrogen and oxygen atoms in total. The van der Waals surface area contributed by atoms with Crippen molar-refractivity contribution in [2.24, 2.45) is 5.92 Å². The standard InChI is InChI=1S/C29H29N3O3/c1-2-3-8-27-31-25-16-15-22(30-28(33)21-13-14-21)17-26(25)32(27)18-19-9-11-20(12-10-19)23-6-4-5-7-24(23)29(34)35/h4-7,9-12,15-17,21H,2-3,8,13-14,18H2,1H3,(H,30,33)(H,34,35). The van der Waals surface area contributed by atoms with Gasteiger partial charge < -0.3 is 15.0 Å². The zero-order valence-electron chi connectivity index (χ0n) is 19.8. The summed E-state index contributed by atoms with van der Waals surface area (Å²) in [5.41, 5.74) is 5.71. The van der Waals surface area contributed by atoms with Crippen LogP contribution in [-0.2, 0) is 17.8 Å². The summed E-state index contributed by atoms with van der Waals surface area (Å²) >= 11 is 0. The second-order valence-corrected chi connectivity index (χ2v) is 9.23. The summed E-state index contributed by atoms with van der Waals surface area (Å²) in [6, 6.07) is 21.0. The van der Waals surface area contributed by atoms with E-state index in [4.69, 9.17) is 4.98 Å². The summed E-state index contributed by atoms with van der Waals surface area (Å²) < 4.78 is 2.23. The zero-order valence-corrected chi connectivity index (χ0v) is 19.8. The third-order valence-electron chi connectivity index (χ3n) is 6.56. The number of imidazole rings is 1. The van der Waals surface area contributed by atoms with Crippen LogP contribution in [0.4, 0.5) is 5.69 Å². The maximum Gasteiger partial charge on any atom is 0.336 e. The van der Waals surface area contributed by atoms with Gasteiger partial charge in [0.15, 0.2) is 0 Å². The van der Waals surface area contributed by atoms with Crippen molar-refractivity contribution in [2.45, 2.75) is 45.6 Å². The minimum Gasteiger partial charge on any atom is -0.478 e. The van der Waals surface area contributed by atoms with Crippen LogP contribution in [0.3, 0.4) is 0 Å². The molecule has 0 spiro atoms. The first-order valence-corrected chi connectivity index (χ1v) is 12.2. The van der Waals surface area contributed by atoms with E-state index in [0.29, 0.717) is 17.7 Å². The van der Waals surface area contributed by atoms with Gasteiger partial charge in [0.05, 0.1) is 16.6 Å². The first-order valence-electron chi connectivity index (χ1n) is 12.2. The van der Waals surface area contributed by atoms with Crippen LogP contribution >= 0.6 is 0 Å². The number of carbonyl (C=O) groups is 2. The number of aromatic carboxylic acids is 1. The molecular formula is C29H29N3O3. The lowest BCUT2D eigenvalue weighted by Gasteiger charge is -2.12. The Labute approximate surface area is 204 Å². The molecule has 178 valence electrons. The highest BCUT2D eigenvalue weighted by atomic mass is 16.4. The van der Waals surface area contributed by atoms with Gasteiger partial charge in [-0.3, -0.25) is 4.79 Å². The topological polar surface area (TPSA) is 84.2 Å². The number of benzene rings is 3. The number of carboxylic acids is 1. The molecule has 1 aliphatic rings. The molecule has 1 fully saturated rings. The van der Waals surface area contributed by atoms with E-state index in [0.717, 1.165) is 65.8 Å². The molecule has 3 aromatic carbocycles. The lowest BCUT2D eigenvalue weighted by Crippen LogP contribution is -2.13. The summed E-state index contributed by atoms with van der Waals surface area (Å²) in [5.74, 6) is 0.354. The normalized spacial score (nSPS) is 13.2. The number of amides is 1. The average molecular weight is 468 g/mol. The molecule has 1 saturated carbocycles. The van der Waals surface area contributed by atoms with E-state index in [1.54, 1.807) is 12.1 Å². The Bertz CT molecular complexity index is 1380. The van der Waals surface area contributed by atoms with Gasteiger partial charge in [-0.25, -0.2) is 9.78 Å². The molecule has 1 amide bonds. The highest BCUT2D eigenvalue weighted by Gasteiger charge is 2.29. The Balaban J connectivity index is 1.46. The predicted octanol–water partition coefficient (Wildman–Crippen LogP) is 6.14. The number of aromatic nitrogens is 2. The summed E-state index contributed by atoms with van der Waals surface area (Å²) in [5, 5.41) is 12.6. The third kappa shape index (κ3) is 4.97. The number of fused-ring (bicyclic) bond motifs is 1. The number of carboxylic acid groups (broad SMARTS) is 1. The van der Waals surface area contributed by atoms with Crippen LogP contribution in [0.2, 0.25) is 0 Å². The van der Waals surface area contributed by atoms with Gasteiger partial charge in [0.25, 0.3) is 0 Å². The third-order valence-corrected chi connectivity index (χ3v) is 6.56. The number of hydrogen-bond donors (Lipinski definition) is 2. The van der Waals surface area contributed by atoms with Crippen molar-refractivity contribution in [3.63, 3.8) is 0 Å². The second kappa shape index (κ2) is 9.74. The largest absolute Gasteiger partial charge is 0.478 e. The number of hydrogen-bond acceptors (Lipinski definition) is 3. The number of nitrogens with zero attached hydrogens (tertiary/aromatic N) is 2. The smallest absolute Gasteiger partial charge is 0.336 e. The highest BCUT2D eigenvalue weighted by molar-refractivity contribution is 5.96. The Morgan fingerprint density at radius 1 is 1.06 bits per heavy atom. The van der Waals surface area contributed by atoms with E-state index in [-0.39, 0.29) is 11.8 Å². The highest BCUT2D eigenvalue weighted by Crippen LogP contribution is 2.31. The van der Waals surface area contributed by atoms with E-state index < -0.39 is 5.97 Å². The second-order valence-electron chi connectivity index (χ2n) is 9.23. The monoisotopic (exact) mass is 467 g/mol. The van der Waals surface area contributed by atoms with E-state index in [9.17, 15) is 14.7 Å². The number of anilines is 1. The van der Waals surface area contributed by atoms with Gasteiger partial charge in [0.1, 0.15) is 5.82 Å². The van der Waals surface area contributed by atoms with Gasteiger partial charge in [-0.1, -0.05) is 55.8 Å². The van der Waals surface area contributed by atoms with Crippen molar-refractivity contribution in [1.82, 2.24) is 9.55 Å². The fourth-order valence-corrected chi connectivity index (χ4v) is 4.44. The van der Waals surface area contributed by atoms with E-state index in [1.165, 1.54) is 0 Å². The molecule has 4 aromatic rings. The zero-order chi connectivity index (χ0) is 24.4. The first kappa shape index (κ1) is 22.8. The van der Waals surface area contributed by atoms with Crippen LogP contribution in [0.5, 0.6) is 0 Å². The average Bonchev–Trinajstić information content (AvgIpc) is 3.67. The van der Waals surface area contributed by atoms with E-state index >= 15 is 0 Å². The molecule has 0 unspecified atom stereocenters. The van der Waals surface area contributed by atoms with Crippen LogP contribution < -0.4 is 5.32 Å². The molecule has 0 bridgehead atoms. The summed E-state index contributed by atoms with van der Waals surface area (Å²) in [7, 11) is 0. The number of unbranched alkanes of at least 4 members (excludes halogenated alkanes) is 1. The van der Waals surface area contributed by atoms with Crippen molar-refractivity contribution in [3.05, 3.63) is 83.7 Å². The molecule has 1 aliphatic carbocycles. The maximum absolute atomic E-state index is 12.3. The van der Waals surface area contributed by atoms with Crippen LogP contribution in [0.25, 0.3) is 22.2 Å². The number of nitrogens with one attached hydrogen (secondary N) is 1. The lowest BCUT2D eigenvalue weighted by molar-refractivity contribution is -0.117. The van der Waals surface area contributed by atoms with Gasteiger partial charge in [-0.05, 0) is 60.2 Å². The molecule has 0 saturated heterocycles. The molecule has 1 heterocycles. The minimum atomic E-state index is -0.931. The van der Waals surface area contributed by atoms with E-state index in [1.807, 2.05) is 54.6 Å². The fourth-order valence-electron chi connectivity index (χ4n) is 4.44. The fraction of sp³-hybridized carbons (Fsp3) is 0.276. The van der Waals surface area contributed by atoms with Crippen molar-refractivity contribution in [1.29, 1.82) is 0 Å². The molecule has 0 atom stereocenters. The van der Waals surface area contributed by atoms with Crippen molar-refractivity contribution in [2.75, 3.05) is 5.32 Å². The van der Waals surface area contributed by atoms with Gasteiger partial charge in [0, 0.05) is 24.6 Å². The number of carbonyl (C=O) groups excluding carboxylic acids is 1. The van der Waals surface area contributed by atoms with Crippen molar-refractivity contribution in [3.8, 4) is 11.1 Å². The molecule has 6 heteroatoms. The Morgan fingerprint density at radius 3 is 2.54 bits per heavy atom. The molecule has 0 aliphatic heterocycles. The Morgan fingerprint density at radius 2 is 1.83 bits per heavy atom. The summed E-state index contributed by atoms with van der Waals surface area (Å²) in [4.78, 5) is 28.8. The SMILES string of the molecule is CCCCc1nc2ccc(NC(=O)C3CC3)cc2n1Cc1ccc(-c2ccccc2C(=O)O)cc1. The van der Waals surface area contributed by atoms with Crippen LogP contribution in [-0.4, -0.2) is 26.5 Å². The predicted molar refractivity (Wildman–Crippen MR) is 138 cm³/mol. The van der Waals surface area contributed by atoms with Crippen molar-refractivity contribution < 1.29 is 14.7 Å². The van der Waals surface area contributed by atoms with Crippen LogP contribution in [0, 0.1) is 5.92 Å². The molecular weight excluding hydrogens is 438 g/mol. The molecule has 35 heavy (non-hydrogen) atoms. The lowest BCUT2D eigenvalue weighted by atomic mass is 9.99. The van der Waals surface area contributed by atoms with Crippen LogP contribution in [0.1, 0.15) is 54.4 Å². The maximum atomic E-state index is 12.3.